The molecule has 0 aliphatic heterocycles. The molecule has 0 fully saturated rings. The zero-order valence-corrected chi connectivity index (χ0v) is 16.8. The van der Waals surface area contributed by atoms with Gasteiger partial charge >= 0.3 is 0 Å². The first kappa shape index (κ1) is 19.0. The molecule has 0 saturated heterocycles. The van der Waals surface area contributed by atoms with E-state index in [9.17, 15) is 9.18 Å². The van der Waals surface area contributed by atoms with Crippen LogP contribution < -0.4 is 5.01 Å². The molecule has 0 N–H and O–H groups in total. The van der Waals surface area contributed by atoms with E-state index < -0.39 is 0 Å². The van der Waals surface area contributed by atoms with E-state index in [0.717, 1.165) is 16.7 Å². The number of anilines is 1. The van der Waals surface area contributed by atoms with Crippen LogP contribution >= 0.6 is 11.3 Å². The number of benzene rings is 3. The van der Waals surface area contributed by atoms with Gasteiger partial charge in [-0.2, -0.15) is 10.1 Å². The molecule has 29 heavy (non-hydrogen) atoms. The van der Waals surface area contributed by atoms with Gasteiger partial charge in [-0.25, -0.2) is 9.37 Å². The number of hydrogen-bond donors (Lipinski definition) is 0. The summed E-state index contributed by atoms with van der Waals surface area (Å²) >= 11 is 1.22. The van der Waals surface area contributed by atoms with Crippen LogP contribution in [0.2, 0.25) is 0 Å². The summed E-state index contributed by atoms with van der Waals surface area (Å²) in [5, 5.41) is 6.08. The van der Waals surface area contributed by atoms with Gasteiger partial charge < -0.3 is 0 Å². The number of rotatable bonds is 4. The Hall–Kier alpha value is -3.38. The number of carbonyl (C=O) groups is 1. The molecule has 0 unspecified atom stereocenters. The van der Waals surface area contributed by atoms with Crippen molar-refractivity contribution in [1.29, 1.82) is 0 Å². The number of aromatic nitrogens is 1. The molecule has 1 amide bonds. The van der Waals surface area contributed by atoms with Gasteiger partial charge in [0, 0.05) is 5.56 Å². The Morgan fingerprint density at radius 3 is 2.34 bits per heavy atom. The third-order valence-corrected chi connectivity index (χ3v) is 5.40. The summed E-state index contributed by atoms with van der Waals surface area (Å²) in [6.07, 6.45) is 1.62. The Morgan fingerprint density at radius 2 is 1.66 bits per heavy atom. The minimum atomic E-state index is -0.340. The summed E-state index contributed by atoms with van der Waals surface area (Å²) in [6.45, 7) is 3.97. The molecule has 1 heterocycles. The number of thiazole rings is 1. The van der Waals surface area contributed by atoms with Crippen molar-refractivity contribution in [1.82, 2.24) is 4.98 Å². The SMILES string of the molecule is Cc1ccc(/C=N/N(C(=O)c2ccc(C)cc2)c2nc3ccc(F)cc3s2)cc1. The van der Waals surface area contributed by atoms with E-state index in [0.29, 0.717) is 20.9 Å². The molecule has 4 nitrogen and oxygen atoms in total. The first-order valence-corrected chi connectivity index (χ1v) is 9.89. The third-order valence-electron chi connectivity index (χ3n) is 4.41. The molecule has 0 radical (unpaired) electrons. The summed E-state index contributed by atoms with van der Waals surface area (Å²) in [4.78, 5) is 17.7. The topological polar surface area (TPSA) is 45.6 Å². The molecule has 3 aromatic carbocycles. The third kappa shape index (κ3) is 4.22. The molecular weight excluding hydrogens is 385 g/mol. The summed E-state index contributed by atoms with van der Waals surface area (Å²) in [6, 6.07) is 19.5. The Bertz CT molecular complexity index is 1200. The lowest BCUT2D eigenvalue weighted by molar-refractivity contribution is 0.0988. The highest BCUT2D eigenvalue weighted by atomic mass is 32.1. The van der Waals surface area contributed by atoms with Gasteiger partial charge in [-0.15, -0.1) is 0 Å². The number of hydrogen-bond acceptors (Lipinski definition) is 4. The fourth-order valence-corrected chi connectivity index (χ4v) is 3.71. The monoisotopic (exact) mass is 403 g/mol. The maximum atomic E-state index is 13.6. The van der Waals surface area contributed by atoms with E-state index >= 15 is 0 Å². The molecule has 0 spiro atoms. The lowest BCUT2D eigenvalue weighted by atomic mass is 10.1. The highest BCUT2D eigenvalue weighted by molar-refractivity contribution is 7.22. The molecule has 4 aromatic rings. The van der Waals surface area contributed by atoms with Gasteiger partial charge in [0.2, 0.25) is 5.13 Å². The molecule has 0 aliphatic rings. The van der Waals surface area contributed by atoms with Crippen molar-refractivity contribution in [2.75, 3.05) is 5.01 Å². The average Bonchev–Trinajstić information content (AvgIpc) is 3.12. The Labute approximate surface area is 171 Å². The minimum Gasteiger partial charge on any atom is -0.267 e. The number of hydrazone groups is 1. The highest BCUT2D eigenvalue weighted by Gasteiger charge is 2.21. The number of fused-ring (bicyclic) bond motifs is 1. The largest absolute Gasteiger partial charge is 0.280 e. The van der Waals surface area contributed by atoms with E-state index in [1.165, 1.54) is 28.5 Å². The van der Waals surface area contributed by atoms with Crippen LogP contribution in [0.25, 0.3) is 10.2 Å². The van der Waals surface area contributed by atoms with Crippen LogP contribution in [0.5, 0.6) is 0 Å². The van der Waals surface area contributed by atoms with Crippen molar-refractivity contribution in [3.8, 4) is 0 Å². The molecule has 0 saturated carbocycles. The van der Waals surface area contributed by atoms with Gasteiger partial charge in [-0.3, -0.25) is 4.79 Å². The molecule has 4 rings (SSSR count). The smallest absolute Gasteiger partial charge is 0.267 e. The number of halogens is 1. The second kappa shape index (κ2) is 7.93. The Kier molecular flexibility index (Phi) is 5.18. The van der Waals surface area contributed by atoms with Crippen LogP contribution in [0.15, 0.2) is 71.8 Å². The number of nitrogens with zero attached hydrogens (tertiary/aromatic N) is 3. The fraction of sp³-hybridized carbons (Fsp3) is 0.0870. The molecule has 0 bridgehead atoms. The fourth-order valence-electron chi connectivity index (χ4n) is 2.76. The van der Waals surface area contributed by atoms with E-state index in [1.807, 2.05) is 50.2 Å². The number of amides is 1. The maximum absolute atomic E-state index is 13.6. The predicted octanol–water partition coefficient (Wildman–Crippen LogP) is 5.73. The second-order valence-electron chi connectivity index (χ2n) is 6.75. The van der Waals surface area contributed by atoms with Crippen LogP contribution in [0, 0.1) is 19.7 Å². The van der Waals surface area contributed by atoms with Crippen molar-refractivity contribution in [2.24, 2.45) is 5.10 Å². The van der Waals surface area contributed by atoms with Crippen LogP contribution in [-0.2, 0) is 0 Å². The lowest BCUT2D eigenvalue weighted by Crippen LogP contribution is -2.25. The molecular formula is C23H18FN3OS. The lowest BCUT2D eigenvalue weighted by Gasteiger charge is -2.14. The molecule has 1 aromatic heterocycles. The van der Waals surface area contributed by atoms with Crippen LogP contribution in [0.1, 0.15) is 27.0 Å². The zero-order chi connectivity index (χ0) is 20.4. The Morgan fingerprint density at radius 1 is 1.00 bits per heavy atom. The first-order chi connectivity index (χ1) is 14.0. The van der Waals surface area contributed by atoms with E-state index in [-0.39, 0.29) is 11.7 Å². The molecule has 144 valence electrons. The molecule has 0 aliphatic carbocycles. The van der Waals surface area contributed by atoms with Crippen LogP contribution in [0.3, 0.4) is 0 Å². The highest BCUT2D eigenvalue weighted by Crippen LogP contribution is 2.30. The maximum Gasteiger partial charge on any atom is 0.280 e. The predicted molar refractivity (Wildman–Crippen MR) is 116 cm³/mol. The van der Waals surface area contributed by atoms with Crippen molar-refractivity contribution < 1.29 is 9.18 Å². The Balaban J connectivity index is 1.75. The van der Waals surface area contributed by atoms with E-state index in [2.05, 4.69) is 10.1 Å². The summed E-state index contributed by atoms with van der Waals surface area (Å²) in [7, 11) is 0. The quantitative estimate of drug-likeness (QED) is 0.322. The first-order valence-electron chi connectivity index (χ1n) is 9.07. The molecule has 0 atom stereocenters. The van der Waals surface area contributed by atoms with Gasteiger partial charge in [0.15, 0.2) is 0 Å². The zero-order valence-electron chi connectivity index (χ0n) is 16.0. The van der Waals surface area contributed by atoms with Gasteiger partial charge in [-0.1, -0.05) is 58.9 Å². The summed E-state index contributed by atoms with van der Waals surface area (Å²) in [5.41, 5.74) is 4.19. The van der Waals surface area contributed by atoms with Crippen LogP contribution in [0.4, 0.5) is 9.52 Å². The standard InChI is InChI=1S/C23H18FN3OS/c1-15-3-7-17(8-4-15)14-25-27(22(28)18-9-5-16(2)6-10-18)23-26-20-12-11-19(24)13-21(20)29-23/h3-14H,1-2H3/b25-14+. The van der Waals surface area contributed by atoms with Gasteiger partial charge in [-0.05, 0) is 49.7 Å². The van der Waals surface area contributed by atoms with Crippen molar-refractivity contribution in [2.45, 2.75) is 13.8 Å². The average molecular weight is 403 g/mol. The molecule has 6 heteroatoms. The number of aryl methyl sites for hydroxylation is 2. The van der Waals surface area contributed by atoms with Gasteiger partial charge in [0.1, 0.15) is 5.82 Å². The summed E-state index contributed by atoms with van der Waals surface area (Å²) < 4.78 is 14.2. The van der Waals surface area contributed by atoms with Crippen LogP contribution in [-0.4, -0.2) is 17.1 Å². The van der Waals surface area contributed by atoms with E-state index in [1.54, 1.807) is 24.4 Å². The minimum absolute atomic E-state index is 0.298. The normalized spacial score (nSPS) is 11.3. The summed E-state index contributed by atoms with van der Waals surface area (Å²) in [5.74, 6) is -0.639. The second-order valence-corrected chi connectivity index (χ2v) is 7.76. The van der Waals surface area contributed by atoms with Gasteiger partial charge in [0.05, 0.1) is 16.4 Å². The van der Waals surface area contributed by atoms with Gasteiger partial charge in [0.25, 0.3) is 5.91 Å². The van der Waals surface area contributed by atoms with Crippen molar-refractivity contribution in [3.63, 3.8) is 0 Å². The van der Waals surface area contributed by atoms with Crippen molar-refractivity contribution >= 4 is 38.8 Å². The van der Waals surface area contributed by atoms with E-state index in [4.69, 9.17) is 0 Å². The number of carbonyl (C=O) groups excluding carboxylic acids is 1. The van der Waals surface area contributed by atoms with Crippen molar-refractivity contribution in [3.05, 3.63) is 94.8 Å².